The molecule has 0 aliphatic rings. The second-order valence-corrected chi connectivity index (χ2v) is 7.81. The summed E-state index contributed by atoms with van der Waals surface area (Å²) in [6, 6.07) is 21.5. The highest BCUT2D eigenvalue weighted by atomic mass is 32.2. The molecule has 7 heteroatoms. The maximum absolute atomic E-state index is 12.8. The molecule has 0 saturated heterocycles. The molecule has 158 valence electrons. The number of rotatable bonds is 8. The number of fused-ring (bicyclic) bond motifs is 1. The van der Waals surface area contributed by atoms with Gasteiger partial charge >= 0.3 is 11.9 Å². The predicted molar refractivity (Wildman–Crippen MR) is 119 cm³/mol. The largest absolute Gasteiger partial charge is 0.469 e. The van der Waals surface area contributed by atoms with E-state index in [0.29, 0.717) is 5.56 Å². The van der Waals surface area contributed by atoms with Crippen LogP contribution in [0.15, 0.2) is 81.7 Å². The lowest BCUT2D eigenvalue weighted by molar-refractivity contribution is -0.141. The normalized spacial score (nSPS) is 11.2. The summed E-state index contributed by atoms with van der Waals surface area (Å²) in [6.07, 6.45) is -0.0371. The van der Waals surface area contributed by atoms with Gasteiger partial charge < -0.3 is 9.57 Å². The molecule has 0 spiro atoms. The van der Waals surface area contributed by atoms with Crippen molar-refractivity contribution in [3.05, 3.63) is 72.3 Å². The highest BCUT2D eigenvalue weighted by Gasteiger charge is 2.17. The van der Waals surface area contributed by atoms with Crippen LogP contribution in [-0.4, -0.2) is 30.5 Å². The first kappa shape index (κ1) is 22.2. The van der Waals surface area contributed by atoms with Crippen molar-refractivity contribution in [3.63, 3.8) is 0 Å². The Morgan fingerprint density at radius 3 is 2.23 bits per heavy atom. The van der Waals surface area contributed by atoms with Gasteiger partial charge in [0, 0.05) is 28.7 Å². The second kappa shape index (κ2) is 10.5. The summed E-state index contributed by atoms with van der Waals surface area (Å²) >= 11 is 1.59. The zero-order valence-electron chi connectivity index (χ0n) is 17.2. The van der Waals surface area contributed by atoms with Crippen LogP contribution in [0.4, 0.5) is 0 Å². The van der Waals surface area contributed by atoms with Crippen LogP contribution in [0, 0.1) is 0 Å². The Morgan fingerprint density at radius 2 is 1.55 bits per heavy atom. The fraction of sp³-hybridized carbons (Fsp3) is 0.167. The molecule has 3 rings (SSSR count). The summed E-state index contributed by atoms with van der Waals surface area (Å²) in [4.78, 5) is 42.0. The molecule has 6 nitrogen and oxygen atoms in total. The lowest BCUT2D eigenvalue weighted by Gasteiger charge is -2.07. The van der Waals surface area contributed by atoms with Crippen LogP contribution in [0.3, 0.4) is 0 Å². The summed E-state index contributed by atoms with van der Waals surface area (Å²) in [5.41, 5.74) is 0.370. The van der Waals surface area contributed by atoms with Gasteiger partial charge in [-0.05, 0) is 47.2 Å². The van der Waals surface area contributed by atoms with E-state index in [0.717, 1.165) is 15.2 Å². The minimum atomic E-state index is -0.648. The molecule has 31 heavy (non-hydrogen) atoms. The number of methoxy groups -OCH3 is 1. The molecule has 0 amide bonds. The van der Waals surface area contributed by atoms with Crippen molar-refractivity contribution in [2.24, 2.45) is 5.16 Å². The maximum atomic E-state index is 12.8. The fourth-order valence-electron chi connectivity index (χ4n) is 2.85. The number of ether oxygens (including phenoxy) is 1. The van der Waals surface area contributed by atoms with Gasteiger partial charge in [0.1, 0.15) is 5.71 Å². The SMILES string of the molecule is COC(=O)CC/C(=N\OC(C)=O)C(=O)c1ccc(Sc2ccc3ccccc3c2)cc1. The number of Topliss-reactive ketones (excluding diaryl/α,β-unsaturated/α-hetero) is 1. The van der Waals surface area contributed by atoms with Crippen molar-refractivity contribution >= 4 is 46.0 Å². The first-order valence-corrected chi connectivity index (χ1v) is 10.4. The van der Waals surface area contributed by atoms with Gasteiger partial charge in [-0.1, -0.05) is 47.2 Å². The first-order chi connectivity index (χ1) is 15.0. The first-order valence-electron chi connectivity index (χ1n) is 9.59. The monoisotopic (exact) mass is 435 g/mol. The Kier molecular flexibility index (Phi) is 7.56. The van der Waals surface area contributed by atoms with E-state index in [-0.39, 0.29) is 18.6 Å². The van der Waals surface area contributed by atoms with Gasteiger partial charge in [0.15, 0.2) is 0 Å². The third-order valence-corrected chi connectivity index (χ3v) is 5.41. The molecule has 0 bridgehead atoms. The molecule has 3 aromatic carbocycles. The zero-order valence-corrected chi connectivity index (χ0v) is 18.0. The van der Waals surface area contributed by atoms with Gasteiger partial charge in [-0.25, -0.2) is 4.79 Å². The average Bonchev–Trinajstić information content (AvgIpc) is 2.78. The van der Waals surface area contributed by atoms with Crippen LogP contribution < -0.4 is 0 Å². The maximum Gasteiger partial charge on any atom is 0.331 e. The Bertz CT molecular complexity index is 1140. The summed E-state index contributed by atoms with van der Waals surface area (Å²) in [7, 11) is 1.26. The number of oxime groups is 1. The van der Waals surface area contributed by atoms with Gasteiger partial charge in [0.05, 0.1) is 13.5 Å². The fourth-order valence-corrected chi connectivity index (χ4v) is 3.72. The molecule has 0 unspecified atom stereocenters. The van der Waals surface area contributed by atoms with E-state index >= 15 is 0 Å². The number of hydrogen-bond acceptors (Lipinski definition) is 7. The van der Waals surface area contributed by atoms with E-state index in [4.69, 9.17) is 0 Å². The number of carbonyl (C=O) groups is 3. The van der Waals surface area contributed by atoms with Crippen LogP contribution in [0.2, 0.25) is 0 Å². The van der Waals surface area contributed by atoms with Crippen molar-refractivity contribution in [1.82, 2.24) is 0 Å². The number of esters is 1. The van der Waals surface area contributed by atoms with Crippen LogP contribution in [0.5, 0.6) is 0 Å². The van der Waals surface area contributed by atoms with E-state index in [1.54, 1.807) is 23.9 Å². The second-order valence-electron chi connectivity index (χ2n) is 6.66. The molecule has 0 aromatic heterocycles. The van der Waals surface area contributed by atoms with Crippen LogP contribution in [-0.2, 0) is 19.2 Å². The molecule has 0 atom stereocenters. The van der Waals surface area contributed by atoms with Crippen LogP contribution >= 0.6 is 11.8 Å². The number of benzene rings is 3. The van der Waals surface area contributed by atoms with Crippen molar-refractivity contribution < 1.29 is 24.0 Å². The Morgan fingerprint density at radius 1 is 0.871 bits per heavy atom. The Hall–Kier alpha value is -3.45. The molecule has 3 aromatic rings. The summed E-state index contributed by atoms with van der Waals surface area (Å²) in [5, 5.41) is 5.97. The highest BCUT2D eigenvalue weighted by molar-refractivity contribution is 7.99. The standard InChI is InChI=1S/C24H21NO5S/c1-16(26)30-25-22(13-14-23(27)29-2)24(28)18-8-10-20(11-9-18)31-21-12-7-17-5-3-4-6-19(17)15-21/h3-12,15H,13-14H2,1-2H3/b25-22+. The zero-order chi connectivity index (χ0) is 22.2. The molecule has 0 fully saturated rings. The van der Waals surface area contributed by atoms with E-state index in [2.05, 4.69) is 45.1 Å². The highest BCUT2D eigenvalue weighted by Crippen LogP contribution is 2.30. The number of ketones is 1. The van der Waals surface area contributed by atoms with Gasteiger partial charge in [0.25, 0.3) is 0 Å². The van der Waals surface area contributed by atoms with Gasteiger partial charge in [0.2, 0.25) is 5.78 Å². The van der Waals surface area contributed by atoms with Crippen molar-refractivity contribution in [2.45, 2.75) is 29.6 Å². The minimum absolute atomic E-state index is 0.00633. The Balaban J connectivity index is 1.73. The van der Waals surface area contributed by atoms with E-state index < -0.39 is 17.7 Å². The molecular formula is C24H21NO5S. The van der Waals surface area contributed by atoms with Gasteiger partial charge in [-0.2, -0.15) is 0 Å². The lowest BCUT2D eigenvalue weighted by Crippen LogP contribution is -2.17. The number of carbonyl (C=O) groups excluding carboxylic acids is 3. The van der Waals surface area contributed by atoms with Crippen molar-refractivity contribution in [1.29, 1.82) is 0 Å². The number of hydrogen-bond donors (Lipinski definition) is 0. The third-order valence-electron chi connectivity index (χ3n) is 4.41. The van der Waals surface area contributed by atoms with Crippen molar-refractivity contribution in [3.8, 4) is 0 Å². The lowest BCUT2D eigenvalue weighted by atomic mass is 10.0. The summed E-state index contributed by atoms with van der Waals surface area (Å²) in [5.74, 6) is -1.54. The predicted octanol–water partition coefficient (Wildman–Crippen LogP) is 5.05. The quantitative estimate of drug-likeness (QED) is 0.162. The minimum Gasteiger partial charge on any atom is -0.469 e. The average molecular weight is 436 g/mol. The summed E-state index contributed by atoms with van der Waals surface area (Å²) in [6.45, 7) is 1.19. The molecule has 0 aliphatic heterocycles. The van der Waals surface area contributed by atoms with Crippen LogP contribution in [0.25, 0.3) is 10.8 Å². The molecule has 0 heterocycles. The summed E-state index contributed by atoms with van der Waals surface area (Å²) < 4.78 is 4.59. The molecule has 0 saturated carbocycles. The molecule has 0 N–H and O–H groups in total. The molecular weight excluding hydrogens is 414 g/mol. The van der Waals surface area contributed by atoms with Crippen molar-refractivity contribution in [2.75, 3.05) is 7.11 Å². The van der Waals surface area contributed by atoms with Gasteiger partial charge in [-0.3, -0.25) is 9.59 Å². The van der Waals surface area contributed by atoms with Crippen LogP contribution in [0.1, 0.15) is 30.1 Å². The third kappa shape index (κ3) is 6.26. The van der Waals surface area contributed by atoms with Gasteiger partial charge in [-0.15, -0.1) is 0 Å². The Labute approximate surface area is 184 Å². The number of nitrogens with zero attached hydrogens (tertiary/aromatic N) is 1. The molecule has 0 aliphatic carbocycles. The van der Waals surface area contributed by atoms with E-state index in [1.165, 1.54) is 19.4 Å². The smallest absolute Gasteiger partial charge is 0.331 e. The van der Waals surface area contributed by atoms with E-state index in [9.17, 15) is 14.4 Å². The van der Waals surface area contributed by atoms with E-state index in [1.807, 2.05) is 24.3 Å². The molecule has 0 radical (unpaired) electrons. The topological polar surface area (TPSA) is 82.0 Å².